The summed E-state index contributed by atoms with van der Waals surface area (Å²) in [5, 5.41) is 3.09. The summed E-state index contributed by atoms with van der Waals surface area (Å²) in [4.78, 5) is 12.0. The molecule has 1 aliphatic rings. The van der Waals surface area contributed by atoms with Gasteiger partial charge in [0.1, 0.15) is 0 Å². The van der Waals surface area contributed by atoms with Crippen molar-refractivity contribution in [3.05, 3.63) is 35.9 Å². The molecule has 0 bridgehead atoms. The number of nitrogens with two attached hydrogens (primary N) is 1. The average molecular weight is 341 g/mol. The molecule has 3 N–H and O–H groups in total. The average Bonchev–Trinajstić information content (AvgIpc) is 2.58. The molecule has 0 aromatic heterocycles. The van der Waals surface area contributed by atoms with Crippen molar-refractivity contribution >= 4 is 18.3 Å². The van der Waals surface area contributed by atoms with Gasteiger partial charge in [0, 0.05) is 19.0 Å². The molecule has 0 saturated heterocycles. The Bertz CT molecular complexity index is 436. The first-order chi connectivity index (χ1) is 10.8. The highest BCUT2D eigenvalue weighted by Gasteiger charge is 2.23. The van der Waals surface area contributed by atoms with E-state index in [-0.39, 0.29) is 24.4 Å². The van der Waals surface area contributed by atoms with Crippen LogP contribution in [0, 0.1) is 5.92 Å². The van der Waals surface area contributed by atoms with E-state index < -0.39 is 0 Å². The number of halogens is 1. The molecule has 0 spiro atoms. The highest BCUT2D eigenvalue weighted by atomic mass is 35.5. The fourth-order valence-electron chi connectivity index (χ4n) is 3.11. The smallest absolute Gasteiger partial charge is 0.222 e. The van der Waals surface area contributed by atoms with Crippen LogP contribution in [0.15, 0.2) is 30.3 Å². The van der Waals surface area contributed by atoms with E-state index in [0.29, 0.717) is 32.1 Å². The van der Waals surface area contributed by atoms with E-state index in [1.54, 1.807) is 0 Å². The molecule has 1 atom stereocenters. The molecule has 5 heteroatoms. The van der Waals surface area contributed by atoms with Crippen molar-refractivity contribution in [2.75, 3.05) is 13.2 Å². The Morgan fingerprint density at radius 1 is 1.22 bits per heavy atom. The fourth-order valence-corrected chi connectivity index (χ4v) is 3.11. The third-order valence-corrected chi connectivity index (χ3v) is 4.40. The lowest BCUT2D eigenvalue weighted by Crippen LogP contribution is -2.46. The van der Waals surface area contributed by atoms with Crippen LogP contribution >= 0.6 is 12.4 Å². The summed E-state index contributed by atoms with van der Waals surface area (Å²) in [6.45, 7) is 1.53. The third kappa shape index (κ3) is 7.34. The van der Waals surface area contributed by atoms with E-state index in [2.05, 4.69) is 5.32 Å². The Morgan fingerprint density at radius 3 is 2.57 bits per heavy atom. The van der Waals surface area contributed by atoms with E-state index in [1.165, 1.54) is 32.1 Å². The quantitative estimate of drug-likeness (QED) is 0.715. The molecule has 1 amide bonds. The van der Waals surface area contributed by atoms with Crippen LogP contribution in [-0.4, -0.2) is 25.1 Å². The predicted octanol–water partition coefficient (Wildman–Crippen LogP) is 3.04. The molecule has 130 valence electrons. The molecule has 1 unspecified atom stereocenters. The molecular formula is C18H29ClN2O2. The van der Waals surface area contributed by atoms with Gasteiger partial charge in [-0.3, -0.25) is 4.79 Å². The van der Waals surface area contributed by atoms with E-state index in [1.807, 2.05) is 30.3 Å². The number of hydrogen-bond donors (Lipinski definition) is 2. The molecule has 0 heterocycles. The Kier molecular flexibility index (Phi) is 9.92. The molecule has 1 saturated carbocycles. The van der Waals surface area contributed by atoms with Crippen LogP contribution in [-0.2, 0) is 16.1 Å². The number of rotatable bonds is 8. The van der Waals surface area contributed by atoms with Gasteiger partial charge in [0.05, 0.1) is 13.2 Å². The second-order valence-electron chi connectivity index (χ2n) is 6.10. The molecule has 1 aromatic carbocycles. The minimum atomic E-state index is 0. The topological polar surface area (TPSA) is 64.3 Å². The molecule has 0 aliphatic heterocycles. The van der Waals surface area contributed by atoms with Gasteiger partial charge in [-0.05, 0) is 24.3 Å². The van der Waals surface area contributed by atoms with Gasteiger partial charge in [-0.1, -0.05) is 49.6 Å². The zero-order valence-electron chi connectivity index (χ0n) is 13.7. The maximum Gasteiger partial charge on any atom is 0.222 e. The molecule has 23 heavy (non-hydrogen) atoms. The van der Waals surface area contributed by atoms with Gasteiger partial charge in [-0.2, -0.15) is 0 Å². The van der Waals surface area contributed by atoms with Gasteiger partial charge in [0.15, 0.2) is 0 Å². The van der Waals surface area contributed by atoms with Gasteiger partial charge in [0.25, 0.3) is 0 Å². The summed E-state index contributed by atoms with van der Waals surface area (Å²) in [5.41, 5.74) is 6.97. The zero-order valence-corrected chi connectivity index (χ0v) is 14.5. The predicted molar refractivity (Wildman–Crippen MR) is 95.5 cm³/mol. The lowest BCUT2D eigenvalue weighted by molar-refractivity contribution is -0.123. The van der Waals surface area contributed by atoms with Crippen LogP contribution in [0.1, 0.15) is 44.1 Å². The summed E-state index contributed by atoms with van der Waals surface area (Å²) in [6, 6.07) is 10.1. The van der Waals surface area contributed by atoms with Crippen molar-refractivity contribution < 1.29 is 9.53 Å². The number of hydrogen-bond acceptors (Lipinski definition) is 3. The largest absolute Gasteiger partial charge is 0.376 e. The molecule has 4 nitrogen and oxygen atoms in total. The first-order valence-electron chi connectivity index (χ1n) is 8.40. The number of amides is 1. The molecular weight excluding hydrogens is 312 g/mol. The van der Waals surface area contributed by atoms with Gasteiger partial charge < -0.3 is 15.8 Å². The summed E-state index contributed by atoms with van der Waals surface area (Å²) in [5.74, 6) is 0.599. The van der Waals surface area contributed by atoms with Crippen molar-refractivity contribution in [3.8, 4) is 0 Å². The van der Waals surface area contributed by atoms with Gasteiger partial charge >= 0.3 is 0 Å². The third-order valence-electron chi connectivity index (χ3n) is 4.40. The minimum Gasteiger partial charge on any atom is -0.376 e. The lowest BCUT2D eigenvalue weighted by Gasteiger charge is -2.30. The summed E-state index contributed by atoms with van der Waals surface area (Å²) in [6.07, 6.45) is 6.61. The SMILES string of the molecule is Cl.NCC(NC(=O)CCOCc1ccccc1)C1CCCCC1. The lowest BCUT2D eigenvalue weighted by atomic mass is 9.84. The second kappa shape index (κ2) is 11.4. The summed E-state index contributed by atoms with van der Waals surface area (Å²) < 4.78 is 5.56. The van der Waals surface area contributed by atoms with Crippen molar-refractivity contribution in [2.24, 2.45) is 11.7 Å². The molecule has 1 aliphatic carbocycles. The summed E-state index contributed by atoms with van der Waals surface area (Å²) in [7, 11) is 0. The maximum atomic E-state index is 12.0. The normalized spacial score (nSPS) is 16.4. The Morgan fingerprint density at radius 2 is 1.91 bits per heavy atom. The van der Waals surface area contributed by atoms with Crippen molar-refractivity contribution in [3.63, 3.8) is 0 Å². The number of carbonyl (C=O) groups is 1. The van der Waals surface area contributed by atoms with Crippen molar-refractivity contribution in [1.29, 1.82) is 0 Å². The van der Waals surface area contributed by atoms with Crippen LogP contribution < -0.4 is 11.1 Å². The summed E-state index contributed by atoms with van der Waals surface area (Å²) >= 11 is 0. The maximum absolute atomic E-state index is 12.0. The second-order valence-corrected chi connectivity index (χ2v) is 6.10. The molecule has 1 aromatic rings. The molecule has 0 radical (unpaired) electrons. The Balaban J connectivity index is 0.00000264. The van der Waals surface area contributed by atoms with Crippen LogP contribution in [0.3, 0.4) is 0 Å². The highest BCUT2D eigenvalue weighted by Crippen LogP contribution is 2.26. The van der Waals surface area contributed by atoms with Gasteiger partial charge in [-0.25, -0.2) is 0 Å². The molecule has 2 rings (SSSR count). The highest BCUT2D eigenvalue weighted by molar-refractivity contribution is 5.85. The fraction of sp³-hybridized carbons (Fsp3) is 0.611. The van der Waals surface area contributed by atoms with Gasteiger partial charge in [-0.15, -0.1) is 12.4 Å². The van der Waals surface area contributed by atoms with Crippen molar-refractivity contribution in [2.45, 2.75) is 51.2 Å². The van der Waals surface area contributed by atoms with E-state index >= 15 is 0 Å². The molecule has 1 fully saturated rings. The van der Waals surface area contributed by atoms with E-state index in [0.717, 1.165) is 5.56 Å². The number of ether oxygens (including phenoxy) is 1. The Labute approximate surface area is 145 Å². The number of benzene rings is 1. The van der Waals surface area contributed by atoms with Crippen LogP contribution in [0.25, 0.3) is 0 Å². The first kappa shape index (κ1) is 19.9. The zero-order chi connectivity index (χ0) is 15.6. The minimum absolute atomic E-state index is 0. The van der Waals surface area contributed by atoms with Crippen LogP contribution in [0.5, 0.6) is 0 Å². The van der Waals surface area contributed by atoms with Gasteiger partial charge in [0.2, 0.25) is 5.91 Å². The number of nitrogens with one attached hydrogen (secondary N) is 1. The van der Waals surface area contributed by atoms with Crippen LogP contribution in [0.2, 0.25) is 0 Å². The van der Waals surface area contributed by atoms with Crippen molar-refractivity contribution in [1.82, 2.24) is 5.32 Å². The van der Waals surface area contributed by atoms with E-state index in [9.17, 15) is 4.79 Å². The monoisotopic (exact) mass is 340 g/mol. The van der Waals surface area contributed by atoms with Crippen LogP contribution in [0.4, 0.5) is 0 Å². The Hall–Kier alpha value is -1.10. The number of carbonyl (C=O) groups excluding carboxylic acids is 1. The van der Waals surface area contributed by atoms with E-state index in [4.69, 9.17) is 10.5 Å². The standard InChI is InChI=1S/C18H28N2O2.ClH/c19-13-17(16-9-5-2-6-10-16)20-18(21)11-12-22-14-15-7-3-1-4-8-15;/h1,3-4,7-8,16-17H,2,5-6,9-14,19H2,(H,20,21);1H. The first-order valence-corrected chi connectivity index (χ1v) is 8.40.